The molecule has 2 N–H and O–H groups in total. The molecule has 36 heavy (non-hydrogen) atoms. The number of halogens is 4. The topological polar surface area (TPSA) is 93.2 Å². The van der Waals surface area contributed by atoms with E-state index in [1.165, 1.54) is 24.3 Å². The first-order chi connectivity index (χ1) is 17.2. The van der Waals surface area contributed by atoms with Gasteiger partial charge < -0.3 is 10.1 Å². The summed E-state index contributed by atoms with van der Waals surface area (Å²) in [5, 5.41) is 5.67. The van der Waals surface area contributed by atoms with Gasteiger partial charge in [0, 0.05) is 22.8 Å². The van der Waals surface area contributed by atoms with Gasteiger partial charge in [-0.25, -0.2) is 0 Å². The Labute approximate surface area is 212 Å². The zero-order chi connectivity index (χ0) is 25.7. The molecule has 1 aromatic heterocycles. The van der Waals surface area contributed by atoms with Crippen molar-refractivity contribution in [2.75, 3.05) is 17.2 Å². The molecule has 0 saturated carbocycles. The van der Waals surface area contributed by atoms with Crippen molar-refractivity contribution in [1.82, 2.24) is 9.36 Å². The number of alkyl halides is 3. The maximum Gasteiger partial charge on any atom is 0.416 e. The first kappa shape index (κ1) is 25.1. The van der Waals surface area contributed by atoms with Crippen LogP contribution in [0.1, 0.15) is 15.9 Å². The number of amides is 2. The van der Waals surface area contributed by atoms with E-state index in [1.807, 2.05) is 0 Å². The number of nitrogens with zero attached hydrogens (tertiary/aromatic N) is 2. The Morgan fingerprint density at radius 2 is 1.72 bits per heavy atom. The van der Waals surface area contributed by atoms with Gasteiger partial charge in [-0.05, 0) is 42.5 Å². The third-order valence-electron chi connectivity index (χ3n) is 4.73. The van der Waals surface area contributed by atoms with Crippen LogP contribution >= 0.6 is 23.1 Å². The highest BCUT2D eigenvalue weighted by Gasteiger charge is 2.30. The second-order valence-corrected chi connectivity index (χ2v) is 8.43. The van der Waals surface area contributed by atoms with Gasteiger partial charge in [-0.1, -0.05) is 41.9 Å². The maximum atomic E-state index is 12.9. The first-order valence-corrected chi connectivity index (χ1v) is 11.4. The molecule has 1 heterocycles. The van der Waals surface area contributed by atoms with Crippen LogP contribution in [-0.2, 0) is 11.0 Å². The van der Waals surface area contributed by atoms with Gasteiger partial charge >= 0.3 is 6.18 Å². The minimum atomic E-state index is -4.54. The van der Waals surface area contributed by atoms with Crippen molar-refractivity contribution >= 4 is 45.8 Å². The van der Waals surface area contributed by atoms with E-state index in [1.54, 1.807) is 36.4 Å². The fraction of sp³-hybridized carbons (Fsp3) is 0.0833. The number of hydrogen-bond acceptors (Lipinski definition) is 6. The summed E-state index contributed by atoms with van der Waals surface area (Å²) in [5.41, 5.74) is -0.182. The highest BCUT2D eigenvalue weighted by atomic mass is 35.5. The molecule has 4 aromatic rings. The van der Waals surface area contributed by atoms with Gasteiger partial charge in [-0.15, -0.1) is 0 Å². The highest BCUT2D eigenvalue weighted by Crippen LogP contribution is 2.31. The number of carbonyl (C=O) groups excluding carboxylic acids is 2. The van der Waals surface area contributed by atoms with Gasteiger partial charge in [0.25, 0.3) is 11.8 Å². The molecule has 12 heteroatoms. The quantitative estimate of drug-likeness (QED) is 0.298. The third kappa shape index (κ3) is 6.18. The van der Waals surface area contributed by atoms with E-state index in [4.69, 9.17) is 16.3 Å². The van der Waals surface area contributed by atoms with E-state index in [0.29, 0.717) is 16.4 Å². The summed E-state index contributed by atoms with van der Waals surface area (Å²) in [5.74, 6) is -0.787. The molecule has 0 aliphatic heterocycles. The normalized spacial score (nSPS) is 11.1. The van der Waals surface area contributed by atoms with E-state index in [9.17, 15) is 22.8 Å². The smallest absolute Gasteiger partial charge is 0.416 e. The van der Waals surface area contributed by atoms with Gasteiger partial charge in [0.2, 0.25) is 5.13 Å². The Kier molecular flexibility index (Phi) is 7.51. The molecule has 0 bridgehead atoms. The largest absolute Gasteiger partial charge is 0.483 e. The van der Waals surface area contributed by atoms with Crippen LogP contribution in [0.15, 0.2) is 72.8 Å². The number of carbonyl (C=O) groups is 2. The monoisotopic (exact) mass is 532 g/mol. The predicted molar refractivity (Wildman–Crippen MR) is 130 cm³/mol. The summed E-state index contributed by atoms with van der Waals surface area (Å²) < 4.78 is 48.3. The van der Waals surface area contributed by atoms with E-state index < -0.39 is 30.2 Å². The number of ether oxygens (including phenoxy) is 1. The molecule has 0 saturated heterocycles. The molecule has 2 amide bonds. The van der Waals surface area contributed by atoms with Crippen LogP contribution in [0.3, 0.4) is 0 Å². The molecule has 184 valence electrons. The summed E-state index contributed by atoms with van der Waals surface area (Å²) in [6.07, 6.45) is -4.54. The van der Waals surface area contributed by atoms with Crippen LogP contribution in [-0.4, -0.2) is 27.8 Å². The van der Waals surface area contributed by atoms with Crippen LogP contribution in [0.5, 0.6) is 5.75 Å². The first-order valence-electron chi connectivity index (χ1n) is 10.3. The van der Waals surface area contributed by atoms with Gasteiger partial charge in [0.1, 0.15) is 5.75 Å². The average molecular weight is 533 g/mol. The summed E-state index contributed by atoms with van der Waals surface area (Å²) >= 11 is 7.14. The number of hydrogen-bond donors (Lipinski definition) is 2. The Bertz CT molecular complexity index is 1410. The van der Waals surface area contributed by atoms with E-state index in [-0.39, 0.29) is 22.1 Å². The molecule has 3 aromatic carbocycles. The van der Waals surface area contributed by atoms with Crippen LogP contribution < -0.4 is 15.4 Å². The van der Waals surface area contributed by atoms with Crippen molar-refractivity contribution in [3.05, 3.63) is 88.9 Å². The molecule has 0 aliphatic rings. The molecule has 4 rings (SSSR count). The summed E-state index contributed by atoms with van der Waals surface area (Å²) in [6.45, 7) is -0.532. The number of para-hydroxylation sites is 1. The fourth-order valence-corrected chi connectivity index (χ4v) is 3.88. The molecule has 0 radical (unpaired) electrons. The lowest BCUT2D eigenvalue weighted by Gasteiger charge is -2.12. The minimum Gasteiger partial charge on any atom is -0.483 e. The zero-order valence-electron chi connectivity index (χ0n) is 18.2. The number of nitrogens with one attached hydrogen (secondary N) is 2. The maximum absolute atomic E-state index is 12.9. The number of benzene rings is 3. The molecule has 0 spiro atoms. The van der Waals surface area contributed by atoms with Gasteiger partial charge in [0.15, 0.2) is 12.4 Å². The van der Waals surface area contributed by atoms with Crippen LogP contribution in [0, 0.1) is 0 Å². The van der Waals surface area contributed by atoms with Gasteiger partial charge in [0.05, 0.1) is 16.1 Å². The number of aromatic nitrogens is 2. The molecule has 0 atom stereocenters. The molecule has 0 fully saturated rings. The molecule has 7 nitrogen and oxygen atoms in total. The number of anilines is 2. The van der Waals surface area contributed by atoms with E-state index in [2.05, 4.69) is 20.0 Å². The number of rotatable bonds is 7. The van der Waals surface area contributed by atoms with Crippen molar-refractivity contribution in [3.63, 3.8) is 0 Å². The molecular formula is C24H16ClF3N4O3S. The Hall–Kier alpha value is -3.96. The lowest BCUT2D eigenvalue weighted by Crippen LogP contribution is -2.22. The highest BCUT2D eigenvalue weighted by molar-refractivity contribution is 7.10. The summed E-state index contributed by atoms with van der Waals surface area (Å²) in [6, 6.07) is 17.4. The Morgan fingerprint density at radius 1 is 0.972 bits per heavy atom. The van der Waals surface area contributed by atoms with Crippen LogP contribution in [0.2, 0.25) is 5.02 Å². The van der Waals surface area contributed by atoms with Gasteiger partial charge in [-0.3, -0.25) is 14.9 Å². The third-order valence-corrected chi connectivity index (χ3v) is 5.69. The zero-order valence-corrected chi connectivity index (χ0v) is 19.7. The van der Waals surface area contributed by atoms with Crippen LogP contribution in [0.25, 0.3) is 11.4 Å². The van der Waals surface area contributed by atoms with Crippen molar-refractivity contribution < 1.29 is 27.5 Å². The van der Waals surface area contributed by atoms with Crippen molar-refractivity contribution in [2.24, 2.45) is 0 Å². The average Bonchev–Trinajstić information content (AvgIpc) is 3.31. The second kappa shape index (κ2) is 10.8. The standard InChI is InChI=1S/C24H16ClF3N4O3S/c25-18-10-3-1-8-16(18)21-30-23(36-32-21)31-22(34)17-9-2-4-11-19(17)35-13-20(33)29-15-7-5-6-14(12-15)24(26,27)28/h1-12H,13H2,(H,29,33)(H,30,31,32,34). The summed E-state index contributed by atoms with van der Waals surface area (Å²) in [7, 11) is 0. The van der Waals surface area contributed by atoms with Gasteiger partial charge in [-0.2, -0.15) is 22.5 Å². The molecular weight excluding hydrogens is 517 g/mol. The van der Waals surface area contributed by atoms with Crippen molar-refractivity contribution in [2.45, 2.75) is 6.18 Å². The lowest BCUT2D eigenvalue weighted by molar-refractivity contribution is -0.137. The van der Waals surface area contributed by atoms with Crippen molar-refractivity contribution in [1.29, 1.82) is 0 Å². The van der Waals surface area contributed by atoms with Crippen LogP contribution in [0.4, 0.5) is 24.0 Å². The van der Waals surface area contributed by atoms with E-state index in [0.717, 1.165) is 23.7 Å². The minimum absolute atomic E-state index is 0.0324. The Morgan fingerprint density at radius 3 is 2.50 bits per heavy atom. The van der Waals surface area contributed by atoms with E-state index >= 15 is 0 Å². The second-order valence-electron chi connectivity index (χ2n) is 7.27. The molecule has 0 aliphatic carbocycles. The molecule has 0 unspecified atom stereocenters. The fourth-order valence-electron chi connectivity index (χ4n) is 3.08. The predicted octanol–water partition coefficient (Wildman–Crippen LogP) is 6.15. The Balaban J connectivity index is 1.40. The summed E-state index contributed by atoms with van der Waals surface area (Å²) in [4.78, 5) is 29.4. The van der Waals surface area contributed by atoms with Crippen molar-refractivity contribution in [3.8, 4) is 17.1 Å². The lowest BCUT2D eigenvalue weighted by atomic mass is 10.2. The SMILES string of the molecule is O=C(COc1ccccc1C(=O)Nc1nc(-c2ccccc2Cl)ns1)Nc1cccc(C(F)(F)F)c1.